The maximum absolute atomic E-state index is 11.8. The molecule has 1 amide bonds. The summed E-state index contributed by atoms with van der Waals surface area (Å²) in [6.07, 6.45) is 0.348. The molecular weight excluding hydrogens is 248 g/mol. The summed E-state index contributed by atoms with van der Waals surface area (Å²) in [5.74, 6) is 0.751. The Kier molecular flexibility index (Phi) is 3.94. The molecule has 0 radical (unpaired) electrons. The minimum atomic E-state index is -0.0381. The molecule has 4 nitrogen and oxygen atoms in total. The maximum Gasteiger partial charge on any atom is 0.229 e. The van der Waals surface area contributed by atoms with Crippen LogP contribution >= 0.6 is 11.5 Å². The van der Waals surface area contributed by atoms with E-state index in [2.05, 4.69) is 9.69 Å². The van der Waals surface area contributed by atoms with Crippen molar-refractivity contribution in [3.8, 4) is 5.75 Å². The van der Waals surface area contributed by atoms with Crippen LogP contribution < -0.4 is 10.1 Å². The summed E-state index contributed by atoms with van der Waals surface area (Å²) in [7, 11) is 1.62. The fraction of sp³-hybridized carbons (Fsp3) is 0.231. The number of rotatable bonds is 4. The highest BCUT2D eigenvalue weighted by molar-refractivity contribution is 7.10. The van der Waals surface area contributed by atoms with Gasteiger partial charge >= 0.3 is 0 Å². The third-order valence-electron chi connectivity index (χ3n) is 2.41. The molecule has 2 rings (SSSR count). The van der Waals surface area contributed by atoms with Crippen molar-refractivity contribution >= 4 is 22.4 Å². The molecule has 0 unspecified atom stereocenters. The van der Waals surface area contributed by atoms with Gasteiger partial charge in [-0.1, -0.05) is 12.1 Å². The topological polar surface area (TPSA) is 51.2 Å². The summed E-state index contributed by atoms with van der Waals surface area (Å²) >= 11 is 1.29. The summed E-state index contributed by atoms with van der Waals surface area (Å²) in [5, 5.41) is 3.61. The Morgan fingerprint density at radius 2 is 2.11 bits per heavy atom. The standard InChI is InChI=1S/C13H14N2O2S/c1-9-7-13(18-15-9)14-12(16)8-10-3-5-11(17-2)6-4-10/h3-7H,8H2,1-2H3,(H,14,16). The lowest BCUT2D eigenvalue weighted by Gasteiger charge is -2.03. The van der Waals surface area contributed by atoms with Gasteiger partial charge < -0.3 is 10.1 Å². The summed E-state index contributed by atoms with van der Waals surface area (Å²) in [4.78, 5) is 11.8. The number of anilines is 1. The van der Waals surface area contributed by atoms with E-state index in [1.807, 2.05) is 37.3 Å². The van der Waals surface area contributed by atoms with Crippen molar-refractivity contribution in [3.05, 3.63) is 41.6 Å². The number of aryl methyl sites for hydroxylation is 1. The number of benzene rings is 1. The van der Waals surface area contributed by atoms with Crippen LogP contribution in [0.15, 0.2) is 30.3 Å². The third-order valence-corrected chi connectivity index (χ3v) is 3.21. The molecule has 0 spiro atoms. The minimum Gasteiger partial charge on any atom is -0.497 e. The lowest BCUT2D eigenvalue weighted by molar-refractivity contribution is -0.115. The highest BCUT2D eigenvalue weighted by Crippen LogP contribution is 2.16. The number of hydrogen-bond acceptors (Lipinski definition) is 4. The van der Waals surface area contributed by atoms with E-state index in [-0.39, 0.29) is 5.91 Å². The number of hydrogen-bond donors (Lipinski definition) is 1. The first-order chi connectivity index (χ1) is 8.67. The van der Waals surface area contributed by atoms with Gasteiger partial charge in [-0.3, -0.25) is 4.79 Å². The zero-order valence-corrected chi connectivity index (χ0v) is 11.1. The van der Waals surface area contributed by atoms with Crippen LogP contribution in [0.5, 0.6) is 5.75 Å². The second-order valence-electron chi connectivity index (χ2n) is 3.91. The van der Waals surface area contributed by atoms with Crippen LogP contribution in [0.1, 0.15) is 11.3 Å². The van der Waals surface area contributed by atoms with Crippen molar-refractivity contribution in [2.75, 3.05) is 12.4 Å². The predicted molar refractivity (Wildman–Crippen MR) is 72.2 cm³/mol. The van der Waals surface area contributed by atoms with Crippen LogP contribution in [-0.2, 0) is 11.2 Å². The molecule has 5 heteroatoms. The van der Waals surface area contributed by atoms with Crippen LogP contribution in [0.25, 0.3) is 0 Å². The quantitative estimate of drug-likeness (QED) is 0.921. The van der Waals surface area contributed by atoms with Gasteiger partial charge in [0.15, 0.2) is 0 Å². The number of ether oxygens (including phenoxy) is 1. The van der Waals surface area contributed by atoms with Crippen LogP contribution in [0, 0.1) is 6.92 Å². The smallest absolute Gasteiger partial charge is 0.229 e. The Labute approximate surface area is 110 Å². The highest BCUT2D eigenvalue weighted by atomic mass is 32.1. The van der Waals surface area contributed by atoms with Crippen molar-refractivity contribution in [1.29, 1.82) is 0 Å². The number of carbonyl (C=O) groups excluding carboxylic acids is 1. The molecule has 18 heavy (non-hydrogen) atoms. The van der Waals surface area contributed by atoms with E-state index in [4.69, 9.17) is 4.74 Å². The molecular formula is C13H14N2O2S. The number of nitrogens with zero attached hydrogens (tertiary/aromatic N) is 1. The van der Waals surface area contributed by atoms with Gasteiger partial charge in [-0.05, 0) is 42.2 Å². The Balaban J connectivity index is 1.94. The SMILES string of the molecule is COc1ccc(CC(=O)Nc2cc(C)ns2)cc1. The average Bonchev–Trinajstić information content (AvgIpc) is 2.75. The highest BCUT2D eigenvalue weighted by Gasteiger charge is 2.06. The third kappa shape index (κ3) is 3.30. The van der Waals surface area contributed by atoms with Gasteiger partial charge in [0.25, 0.3) is 0 Å². The fourth-order valence-corrected chi connectivity index (χ4v) is 2.21. The number of nitrogens with one attached hydrogen (secondary N) is 1. The van der Waals surface area contributed by atoms with Gasteiger partial charge in [0.1, 0.15) is 10.8 Å². The van der Waals surface area contributed by atoms with E-state index in [1.54, 1.807) is 7.11 Å². The van der Waals surface area contributed by atoms with Crippen LogP contribution in [0.2, 0.25) is 0 Å². The second kappa shape index (κ2) is 5.64. The van der Waals surface area contributed by atoms with E-state index in [0.717, 1.165) is 22.0 Å². The van der Waals surface area contributed by atoms with Crippen molar-refractivity contribution in [1.82, 2.24) is 4.37 Å². The monoisotopic (exact) mass is 262 g/mol. The lowest BCUT2D eigenvalue weighted by atomic mass is 10.1. The normalized spacial score (nSPS) is 10.1. The van der Waals surface area contributed by atoms with Crippen LogP contribution in [0.3, 0.4) is 0 Å². The molecule has 94 valence electrons. The van der Waals surface area contributed by atoms with Crippen LogP contribution in [0.4, 0.5) is 5.00 Å². The summed E-state index contributed by atoms with van der Waals surface area (Å²) < 4.78 is 9.18. The lowest BCUT2D eigenvalue weighted by Crippen LogP contribution is -2.13. The largest absolute Gasteiger partial charge is 0.497 e. The molecule has 0 aliphatic carbocycles. The molecule has 0 bridgehead atoms. The maximum atomic E-state index is 11.8. The number of amides is 1. The first kappa shape index (κ1) is 12.6. The molecule has 0 aliphatic heterocycles. The van der Waals surface area contributed by atoms with E-state index < -0.39 is 0 Å². The summed E-state index contributed by atoms with van der Waals surface area (Å²) in [5.41, 5.74) is 1.87. The fourth-order valence-electron chi connectivity index (χ4n) is 1.53. The zero-order chi connectivity index (χ0) is 13.0. The molecule has 1 aromatic carbocycles. The van der Waals surface area contributed by atoms with Gasteiger partial charge in [0, 0.05) is 0 Å². The van der Waals surface area contributed by atoms with Crippen molar-refractivity contribution in [2.45, 2.75) is 13.3 Å². The summed E-state index contributed by atoms with van der Waals surface area (Å²) in [6, 6.07) is 9.32. The van der Waals surface area contributed by atoms with E-state index >= 15 is 0 Å². The molecule has 2 aromatic rings. The minimum absolute atomic E-state index is 0.0381. The zero-order valence-electron chi connectivity index (χ0n) is 10.3. The Hall–Kier alpha value is -1.88. The van der Waals surface area contributed by atoms with Crippen molar-refractivity contribution < 1.29 is 9.53 Å². The molecule has 0 atom stereocenters. The molecule has 0 saturated carbocycles. The van der Waals surface area contributed by atoms with Crippen LogP contribution in [-0.4, -0.2) is 17.4 Å². The number of carbonyl (C=O) groups is 1. The predicted octanol–water partition coefficient (Wildman–Crippen LogP) is 2.64. The number of aromatic nitrogens is 1. The number of methoxy groups -OCH3 is 1. The van der Waals surface area contributed by atoms with E-state index in [0.29, 0.717) is 6.42 Å². The molecule has 1 heterocycles. The van der Waals surface area contributed by atoms with Gasteiger partial charge in [0.05, 0.1) is 19.2 Å². The first-order valence-electron chi connectivity index (χ1n) is 5.53. The Morgan fingerprint density at radius 3 is 2.67 bits per heavy atom. The molecule has 1 aromatic heterocycles. The molecule has 0 saturated heterocycles. The van der Waals surface area contributed by atoms with Gasteiger partial charge in [0.2, 0.25) is 5.91 Å². The molecule has 0 fully saturated rings. The van der Waals surface area contributed by atoms with E-state index in [9.17, 15) is 4.79 Å². The second-order valence-corrected chi connectivity index (χ2v) is 4.71. The Bertz CT molecular complexity index is 534. The summed E-state index contributed by atoms with van der Waals surface area (Å²) in [6.45, 7) is 1.90. The first-order valence-corrected chi connectivity index (χ1v) is 6.31. The van der Waals surface area contributed by atoms with Gasteiger partial charge in [-0.25, -0.2) is 0 Å². The molecule has 1 N–H and O–H groups in total. The van der Waals surface area contributed by atoms with Gasteiger partial charge in [-0.2, -0.15) is 4.37 Å². The van der Waals surface area contributed by atoms with E-state index in [1.165, 1.54) is 11.5 Å². The van der Waals surface area contributed by atoms with Gasteiger partial charge in [-0.15, -0.1) is 0 Å². The van der Waals surface area contributed by atoms with Crippen molar-refractivity contribution in [3.63, 3.8) is 0 Å². The average molecular weight is 262 g/mol. The van der Waals surface area contributed by atoms with Crippen molar-refractivity contribution in [2.24, 2.45) is 0 Å². The Morgan fingerprint density at radius 1 is 1.39 bits per heavy atom. The molecule has 0 aliphatic rings.